The molecule has 2 rings (SSSR count). The fraction of sp³-hybridized carbons (Fsp3) is 0.625. The molecule has 3 unspecified atom stereocenters. The Morgan fingerprint density at radius 3 is 2.84 bits per heavy atom. The lowest BCUT2D eigenvalue weighted by Gasteiger charge is -2.33. The molecule has 106 valence electrons. The van der Waals surface area contributed by atoms with Crippen LogP contribution in [0.2, 0.25) is 5.02 Å². The molecule has 1 fully saturated rings. The largest absolute Gasteiger partial charge is 0.381 e. The maximum absolute atomic E-state index is 6.18. The van der Waals surface area contributed by atoms with E-state index in [2.05, 4.69) is 24.4 Å². The zero-order chi connectivity index (χ0) is 13.8. The number of rotatable bonds is 4. The molecule has 0 amide bonds. The van der Waals surface area contributed by atoms with E-state index in [0.717, 1.165) is 22.2 Å². The summed E-state index contributed by atoms with van der Waals surface area (Å²) in [5.74, 6) is 1.52. The van der Waals surface area contributed by atoms with Crippen LogP contribution in [0.1, 0.15) is 38.2 Å². The molecule has 19 heavy (non-hydrogen) atoms. The molecule has 1 aromatic carbocycles. The van der Waals surface area contributed by atoms with E-state index in [0.29, 0.717) is 18.5 Å². The van der Waals surface area contributed by atoms with Crippen LogP contribution in [0, 0.1) is 18.8 Å². The standard InChI is InChI=1S/C16H25ClN2/c1-11-4-3-5-13(8-11)16(10-18)19-14-7-6-12(2)15(17)9-14/h6-7,9,11,13,16,19H,3-5,8,10,18H2,1-2H3. The van der Waals surface area contributed by atoms with E-state index in [-0.39, 0.29) is 0 Å². The van der Waals surface area contributed by atoms with Crippen LogP contribution in [0.25, 0.3) is 0 Å². The van der Waals surface area contributed by atoms with Crippen molar-refractivity contribution in [2.75, 3.05) is 11.9 Å². The fourth-order valence-corrected chi connectivity index (χ4v) is 3.29. The predicted octanol–water partition coefficient (Wildman–Crippen LogP) is 4.21. The molecule has 1 saturated carbocycles. The van der Waals surface area contributed by atoms with Crippen molar-refractivity contribution >= 4 is 17.3 Å². The highest BCUT2D eigenvalue weighted by molar-refractivity contribution is 6.31. The van der Waals surface area contributed by atoms with Gasteiger partial charge in [0, 0.05) is 23.3 Å². The Morgan fingerprint density at radius 1 is 1.42 bits per heavy atom. The van der Waals surface area contributed by atoms with Gasteiger partial charge in [0.05, 0.1) is 0 Å². The second-order valence-electron chi connectivity index (χ2n) is 5.98. The molecule has 0 aliphatic heterocycles. The van der Waals surface area contributed by atoms with Gasteiger partial charge >= 0.3 is 0 Å². The summed E-state index contributed by atoms with van der Waals surface area (Å²) >= 11 is 6.18. The van der Waals surface area contributed by atoms with E-state index in [9.17, 15) is 0 Å². The van der Waals surface area contributed by atoms with Crippen LogP contribution in [0.5, 0.6) is 0 Å². The Labute approximate surface area is 121 Å². The van der Waals surface area contributed by atoms with Crippen LogP contribution in [0.4, 0.5) is 5.69 Å². The molecule has 0 saturated heterocycles. The van der Waals surface area contributed by atoms with Gasteiger partial charge in [0.2, 0.25) is 0 Å². The number of halogens is 1. The van der Waals surface area contributed by atoms with Crippen LogP contribution in [0.15, 0.2) is 18.2 Å². The lowest BCUT2D eigenvalue weighted by molar-refractivity contribution is 0.257. The molecule has 1 aliphatic carbocycles. The van der Waals surface area contributed by atoms with Gasteiger partial charge in [-0.15, -0.1) is 0 Å². The molecule has 3 heteroatoms. The first kappa shape index (κ1) is 14.7. The maximum atomic E-state index is 6.18. The van der Waals surface area contributed by atoms with E-state index < -0.39 is 0 Å². The average Bonchev–Trinajstić information content (AvgIpc) is 2.40. The van der Waals surface area contributed by atoms with Crippen LogP contribution < -0.4 is 11.1 Å². The lowest BCUT2D eigenvalue weighted by Crippen LogP contribution is -2.38. The molecule has 3 atom stereocenters. The van der Waals surface area contributed by atoms with Crippen molar-refractivity contribution in [3.05, 3.63) is 28.8 Å². The summed E-state index contributed by atoms with van der Waals surface area (Å²) in [4.78, 5) is 0. The van der Waals surface area contributed by atoms with E-state index in [1.54, 1.807) is 0 Å². The third-order valence-corrected chi connectivity index (χ3v) is 4.73. The molecule has 3 N–H and O–H groups in total. The Balaban J connectivity index is 2.03. The van der Waals surface area contributed by atoms with Gasteiger partial charge in [-0.3, -0.25) is 0 Å². The molecular weight excluding hydrogens is 256 g/mol. The van der Waals surface area contributed by atoms with E-state index in [1.807, 2.05) is 13.0 Å². The summed E-state index contributed by atoms with van der Waals surface area (Å²) in [6, 6.07) is 6.52. The third-order valence-electron chi connectivity index (χ3n) is 4.32. The van der Waals surface area contributed by atoms with Gasteiger partial charge in [0.25, 0.3) is 0 Å². The highest BCUT2D eigenvalue weighted by Crippen LogP contribution is 2.32. The van der Waals surface area contributed by atoms with Crippen molar-refractivity contribution < 1.29 is 0 Å². The van der Waals surface area contributed by atoms with Gasteiger partial charge in [-0.05, 0) is 49.3 Å². The molecule has 0 bridgehead atoms. The quantitative estimate of drug-likeness (QED) is 0.867. The van der Waals surface area contributed by atoms with Crippen LogP contribution in [-0.2, 0) is 0 Å². The third kappa shape index (κ3) is 3.87. The Morgan fingerprint density at radius 2 is 2.21 bits per heavy atom. The van der Waals surface area contributed by atoms with E-state index in [4.69, 9.17) is 17.3 Å². The average molecular weight is 281 g/mol. The molecule has 0 radical (unpaired) electrons. The summed E-state index contributed by atoms with van der Waals surface area (Å²) in [5, 5.41) is 4.39. The second kappa shape index (κ2) is 6.62. The van der Waals surface area contributed by atoms with Crippen LogP contribution >= 0.6 is 11.6 Å². The molecular formula is C16H25ClN2. The summed E-state index contributed by atoms with van der Waals surface area (Å²) in [5.41, 5.74) is 8.17. The van der Waals surface area contributed by atoms with Crippen molar-refractivity contribution in [2.24, 2.45) is 17.6 Å². The van der Waals surface area contributed by atoms with Crippen LogP contribution in [-0.4, -0.2) is 12.6 Å². The maximum Gasteiger partial charge on any atom is 0.0455 e. The topological polar surface area (TPSA) is 38.0 Å². The first-order valence-electron chi connectivity index (χ1n) is 7.33. The van der Waals surface area contributed by atoms with Gasteiger partial charge in [0.1, 0.15) is 0 Å². The number of aryl methyl sites for hydroxylation is 1. The van der Waals surface area contributed by atoms with Crippen molar-refractivity contribution in [1.29, 1.82) is 0 Å². The minimum absolute atomic E-state index is 0.363. The summed E-state index contributed by atoms with van der Waals surface area (Å²) < 4.78 is 0. The lowest BCUT2D eigenvalue weighted by atomic mass is 9.78. The van der Waals surface area contributed by atoms with Crippen molar-refractivity contribution in [3.8, 4) is 0 Å². The summed E-state index contributed by atoms with van der Waals surface area (Å²) in [6.07, 6.45) is 5.27. The zero-order valence-electron chi connectivity index (χ0n) is 12.0. The van der Waals surface area contributed by atoms with E-state index >= 15 is 0 Å². The summed E-state index contributed by atoms with van der Waals surface area (Å²) in [6.45, 7) is 5.06. The first-order chi connectivity index (χ1) is 9.10. The SMILES string of the molecule is Cc1ccc(NC(CN)C2CCCC(C)C2)cc1Cl. The smallest absolute Gasteiger partial charge is 0.0455 e. The number of hydrogen-bond donors (Lipinski definition) is 2. The fourth-order valence-electron chi connectivity index (χ4n) is 3.11. The predicted molar refractivity (Wildman–Crippen MR) is 83.8 cm³/mol. The number of benzene rings is 1. The van der Waals surface area contributed by atoms with Crippen molar-refractivity contribution in [3.63, 3.8) is 0 Å². The number of nitrogens with two attached hydrogens (primary N) is 1. The van der Waals surface area contributed by atoms with Gasteiger partial charge in [-0.25, -0.2) is 0 Å². The molecule has 1 aromatic rings. The zero-order valence-corrected chi connectivity index (χ0v) is 12.7. The number of hydrogen-bond acceptors (Lipinski definition) is 2. The van der Waals surface area contributed by atoms with Crippen LogP contribution in [0.3, 0.4) is 0 Å². The van der Waals surface area contributed by atoms with Gasteiger partial charge < -0.3 is 11.1 Å². The normalized spacial score (nSPS) is 25.1. The van der Waals surface area contributed by atoms with Crippen molar-refractivity contribution in [2.45, 2.75) is 45.6 Å². The monoisotopic (exact) mass is 280 g/mol. The minimum atomic E-state index is 0.363. The van der Waals surface area contributed by atoms with Gasteiger partial charge in [-0.1, -0.05) is 37.4 Å². The number of nitrogens with one attached hydrogen (secondary N) is 1. The second-order valence-corrected chi connectivity index (χ2v) is 6.39. The first-order valence-corrected chi connectivity index (χ1v) is 7.70. The highest BCUT2D eigenvalue weighted by Gasteiger charge is 2.25. The van der Waals surface area contributed by atoms with Gasteiger partial charge in [0.15, 0.2) is 0 Å². The Bertz CT molecular complexity index is 419. The Hall–Kier alpha value is -0.730. The number of anilines is 1. The van der Waals surface area contributed by atoms with E-state index in [1.165, 1.54) is 25.7 Å². The molecule has 0 aromatic heterocycles. The molecule has 2 nitrogen and oxygen atoms in total. The molecule has 0 spiro atoms. The molecule has 1 aliphatic rings. The summed E-state index contributed by atoms with van der Waals surface area (Å²) in [7, 11) is 0. The Kier molecular flexibility index (Phi) is 5.12. The molecule has 0 heterocycles. The van der Waals surface area contributed by atoms with Gasteiger partial charge in [-0.2, -0.15) is 0 Å². The minimum Gasteiger partial charge on any atom is -0.381 e. The highest BCUT2D eigenvalue weighted by atomic mass is 35.5. The van der Waals surface area contributed by atoms with Crippen molar-refractivity contribution in [1.82, 2.24) is 0 Å².